The van der Waals surface area contributed by atoms with Gasteiger partial charge in [-0.25, -0.2) is 4.79 Å². The van der Waals surface area contributed by atoms with Gasteiger partial charge in [-0.1, -0.05) is 6.07 Å². The summed E-state index contributed by atoms with van der Waals surface area (Å²) in [5, 5.41) is 9.11. The molecule has 1 aromatic carbocycles. The second-order valence-corrected chi connectivity index (χ2v) is 4.14. The van der Waals surface area contributed by atoms with Crippen molar-refractivity contribution in [2.24, 2.45) is 0 Å². The molecule has 1 aliphatic heterocycles. The summed E-state index contributed by atoms with van der Waals surface area (Å²) in [7, 11) is 3.40. The van der Waals surface area contributed by atoms with E-state index in [0.29, 0.717) is 6.42 Å². The van der Waals surface area contributed by atoms with Crippen molar-refractivity contribution in [3.63, 3.8) is 0 Å². The first kappa shape index (κ1) is 10.8. The van der Waals surface area contributed by atoms with Crippen molar-refractivity contribution in [1.82, 2.24) is 0 Å². The fourth-order valence-electron chi connectivity index (χ4n) is 2.28. The monoisotopic (exact) mass is 221 g/mol. The van der Waals surface area contributed by atoms with Crippen LogP contribution >= 0.6 is 0 Å². The number of hydrogen-bond acceptors (Lipinski definition) is 3. The Morgan fingerprint density at radius 2 is 2.25 bits per heavy atom. The lowest BCUT2D eigenvalue weighted by atomic mass is 10.1. The van der Waals surface area contributed by atoms with E-state index < -0.39 is 12.0 Å². The number of fused-ring (bicyclic) bond motifs is 1. The van der Waals surface area contributed by atoms with Gasteiger partial charge in [0.25, 0.3) is 0 Å². The number of methoxy groups -OCH3 is 1. The molecule has 4 heteroatoms. The molecule has 0 radical (unpaired) electrons. The van der Waals surface area contributed by atoms with Crippen molar-refractivity contribution in [2.75, 3.05) is 19.1 Å². The lowest BCUT2D eigenvalue weighted by molar-refractivity contribution is -0.138. The second kappa shape index (κ2) is 3.70. The van der Waals surface area contributed by atoms with Crippen LogP contribution in [-0.4, -0.2) is 31.3 Å². The van der Waals surface area contributed by atoms with Gasteiger partial charge in [0, 0.05) is 13.5 Å². The maximum absolute atomic E-state index is 11.1. The van der Waals surface area contributed by atoms with E-state index in [2.05, 4.69) is 0 Å². The summed E-state index contributed by atoms with van der Waals surface area (Å²) in [6, 6.07) is 3.47. The maximum Gasteiger partial charge on any atom is 0.326 e. The quantitative estimate of drug-likeness (QED) is 0.821. The van der Waals surface area contributed by atoms with Crippen molar-refractivity contribution in [3.05, 3.63) is 23.3 Å². The molecule has 4 nitrogen and oxygen atoms in total. The Morgan fingerprint density at radius 1 is 1.56 bits per heavy atom. The maximum atomic E-state index is 11.1. The molecule has 0 fully saturated rings. The van der Waals surface area contributed by atoms with Crippen LogP contribution in [0.2, 0.25) is 0 Å². The molecule has 86 valence electrons. The molecule has 0 saturated heterocycles. The van der Waals surface area contributed by atoms with Crippen LogP contribution in [0.15, 0.2) is 12.1 Å². The van der Waals surface area contributed by atoms with Gasteiger partial charge < -0.3 is 14.7 Å². The Hall–Kier alpha value is -1.71. The minimum atomic E-state index is -0.793. The summed E-state index contributed by atoms with van der Waals surface area (Å²) in [6.07, 6.45) is 0.541. The van der Waals surface area contributed by atoms with Gasteiger partial charge in [-0.15, -0.1) is 0 Å². The van der Waals surface area contributed by atoms with Crippen LogP contribution in [0.1, 0.15) is 11.1 Å². The predicted molar refractivity (Wildman–Crippen MR) is 61.3 cm³/mol. The number of benzene rings is 1. The van der Waals surface area contributed by atoms with Crippen molar-refractivity contribution >= 4 is 11.7 Å². The fraction of sp³-hybridized carbons (Fsp3) is 0.417. The van der Waals surface area contributed by atoms with E-state index in [1.807, 2.05) is 19.1 Å². The Kier molecular flexibility index (Phi) is 2.50. The number of carbonyl (C=O) groups is 1. The van der Waals surface area contributed by atoms with Crippen LogP contribution in [-0.2, 0) is 11.2 Å². The zero-order valence-electron chi connectivity index (χ0n) is 9.65. The summed E-state index contributed by atoms with van der Waals surface area (Å²) >= 11 is 0. The lowest BCUT2D eigenvalue weighted by Crippen LogP contribution is -2.35. The molecule has 0 saturated carbocycles. The number of carboxylic acids is 1. The molecule has 1 N–H and O–H groups in total. The average molecular weight is 221 g/mol. The van der Waals surface area contributed by atoms with Crippen LogP contribution in [0, 0.1) is 6.92 Å². The first-order chi connectivity index (χ1) is 7.54. The molecule has 1 aromatic rings. The summed E-state index contributed by atoms with van der Waals surface area (Å²) < 4.78 is 5.30. The molecule has 1 unspecified atom stereocenters. The highest BCUT2D eigenvalue weighted by Gasteiger charge is 2.34. The highest BCUT2D eigenvalue weighted by molar-refractivity contribution is 5.84. The van der Waals surface area contributed by atoms with Crippen LogP contribution in [0.3, 0.4) is 0 Å². The summed E-state index contributed by atoms with van der Waals surface area (Å²) in [5.74, 6) is -0.0420. The number of hydrogen-bond donors (Lipinski definition) is 1. The van der Waals surface area contributed by atoms with Gasteiger partial charge in [0.15, 0.2) is 0 Å². The van der Waals surface area contributed by atoms with Gasteiger partial charge >= 0.3 is 5.97 Å². The molecule has 2 rings (SSSR count). The number of rotatable bonds is 2. The SMILES string of the molecule is COc1cc(C)cc2c1N(C)C(C(=O)O)C2. The standard InChI is InChI=1S/C12H15NO3/c1-7-4-8-6-9(12(14)15)13(2)11(8)10(5-7)16-3/h4-5,9H,6H2,1-3H3,(H,14,15). The zero-order chi connectivity index (χ0) is 11.9. The summed E-state index contributed by atoms with van der Waals surface area (Å²) in [4.78, 5) is 12.9. The molecule has 0 amide bonds. The van der Waals surface area contributed by atoms with Crippen molar-refractivity contribution in [1.29, 1.82) is 0 Å². The van der Waals surface area contributed by atoms with Gasteiger partial charge in [-0.05, 0) is 24.1 Å². The lowest BCUT2D eigenvalue weighted by Gasteiger charge is -2.20. The molecule has 1 heterocycles. The average Bonchev–Trinajstić information content (AvgIpc) is 2.55. The summed E-state index contributed by atoms with van der Waals surface area (Å²) in [5.41, 5.74) is 3.04. The number of likely N-dealkylation sites (N-methyl/N-ethyl adjacent to an activating group) is 1. The first-order valence-electron chi connectivity index (χ1n) is 5.17. The van der Waals surface area contributed by atoms with E-state index in [4.69, 9.17) is 9.84 Å². The number of ether oxygens (including phenoxy) is 1. The van der Waals surface area contributed by atoms with E-state index in [0.717, 1.165) is 22.6 Å². The molecular formula is C12H15NO3. The van der Waals surface area contributed by atoms with Crippen LogP contribution < -0.4 is 9.64 Å². The van der Waals surface area contributed by atoms with Gasteiger partial charge in [0.05, 0.1) is 12.8 Å². The van der Waals surface area contributed by atoms with Crippen molar-refractivity contribution < 1.29 is 14.6 Å². The molecular weight excluding hydrogens is 206 g/mol. The Bertz CT molecular complexity index is 442. The largest absolute Gasteiger partial charge is 0.495 e. The topological polar surface area (TPSA) is 49.8 Å². The molecule has 1 atom stereocenters. The Labute approximate surface area is 94.4 Å². The highest BCUT2D eigenvalue weighted by atomic mass is 16.5. The molecule has 0 bridgehead atoms. The number of carboxylic acid groups (broad SMARTS) is 1. The number of anilines is 1. The molecule has 0 aromatic heterocycles. The van der Waals surface area contributed by atoms with E-state index in [1.165, 1.54) is 0 Å². The minimum Gasteiger partial charge on any atom is -0.495 e. The van der Waals surface area contributed by atoms with E-state index >= 15 is 0 Å². The van der Waals surface area contributed by atoms with Gasteiger partial charge in [0.1, 0.15) is 11.8 Å². The zero-order valence-corrected chi connectivity index (χ0v) is 9.65. The third-order valence-electron chi connectivity index (χ3n) is 3.04. The van der Waals surface area contributed by atoms with E-state index in [9.17, 15) is 4.79 Å². The third kappa shape index (κ3) is 1.50. The van der Waals surface area contributed by atoms with Gasteiger partial charge in [-0.3, -0.25) is 0 Å². The number of aryl methyl sites for hydroxylation is 1. The van der Waals surface area contributed by atoms with E-state index in [-0.39, 0.29) is 0 Å². The van der Waals surface area contributed by atoms with Crippen LogP contribution in [0.25, 0.3) is 0 Å². The van der Waals surface area contributed by atoms with Crippen LogP contribution in [0.5, 0.6) is 5.75 Å². The predicted octanol–water partition coefficient (Wildman–Crippen LogP) is 1.45. The Balaban J connectivity index is 2.50. The summed E-state index contributed by atoms with van der Waals surface area (Å²) in [6.45, 7) is 1.98. The first-order valence-corrected chi connectivity index (χ1v) is 5.17. The fourth-order valence-corrected chi connectivity index (χ4v) is 2.28. The molecule has 1 aliphatic rings. The van der Waals surface area contributed by atoms with Crippen molar-refractivity contribution in [3.8, 4) is 5.75 Å². The van der Waals surface area contributed by atoms with Crippen LogP contribution in [0.4, 0.5) is 5.69 Å². The van der Waals surface area contributed by atoms with Gasteiger partial charge in [-0.2, -0.15) is 0 Å². The van der Waals surface area contributed by atoms with E-state index in [1.54, 1.807) is 19.1 Å². The minimum absolute atomic E-state index is 0.481. The normalized spacial score (nSPS) is 18.4. The smallest absolute Gasteiger partial charge is 0.326 e. The second-order valence-electron chi connectivity index (χ2n) is 4.14. The molecule has 0 spiro atoms. The Morgan fingerprint density at radius 3 is 2.81 bits per heavy atom. The van der Waals surface area contributed by atoms with Gasteiger partial charge in [0.2, 0.25) is 0 Å². The number of aliphatic carboxylic acids is 1. The highest BCUT2D eigenvalue weighted by Crippen LogP contribution is 2.39. The van der Waals surface area contributed by atoms with Crippen molar-refractivity contribution in [2.45, 2.75) is 19.4 Å². The third-order valence-corrected chi connectivity index (χ3v) is 3.04. The molecule has 16 heavy (non-hydrogen) atoms. The number of nitrogens with zero attached hydrogens (tertiary/aromatic N) is 1. The molecule has 0 aliphatic carbocycles.